The summed E-state index contributed by atoms with van der Waals surface area (Å²) in [5.41, 5.74) is 7.65. The zero-order chi connectivity index (χ0) is 9.42. The molecule has 1 atom stereocenters. The van der Waals surface area contributed by atoms with Crippen LogP contribution in [-0.2, 0) is 4.79 Å². The van der Waals surface area contributed by atoms with Crippen LogP contribution in [0.3, 0.4) is 0 Å². The summed E-state index contributed by atoms with van der Waals surface area (Å²) in [4.78, 5) is 10.5. The van der Waals surface area contributed by atoms with Crippen molar-refractivity contribution in [2.45, 2.75) is 6.17 Å². The number of benzene rings is 1. The van der Waals surface area contributed by atoms with E-state index in [1.165, 1.54) is 0 Å². The van der Waals surface area contributed by atoms with Crippen LogP contribution in [0.4, 0.5) is 17.1 Å². The fourth-order valence-corrected chi connectivity index (χ4v) is 1.60. The van der Waals surface area contributed by atoms with Crippen LogP contribution in [0.25, 0.3) is 0 Å². The van der Waals surface area contributed by atoms with E-state index in [-0.39, 0.29) is 0 Å². The maximum atomic E-state index is 10.5. The van der Waals surface area contributed by atoms with E-state index in [2.05, 4.69) is 10.6 Å². The van der Waals surface area contributed by atoms with E-state index in [1.54, 1.807) is 12.1 Å². The number of hydrogen-bond donors (Lipinski definition) is 3. The molecule has 0 aromatic heterocycles. The second kappa shape index (κ2) is 2.81. The number of rotatable bonds is 1. The number of hydrogen-bond acceptors (Lipinski definition) is 4. The quantitative estimate of drug-likeness (QED) is 0.469. The number of aldehydes is 1. The van der Waals surface area contributed by atoms with Gasteiger partial charge in [-0.1, -0.05) is 11.6 Å². The fraction of sp³-hybridized carbons (Fsp3) is 0.125. The Bertz CT molecular complexity index is 367. The summed E-state index contributed by atoms with van der Waals surface area (Å²) >= 11 is 5.90. The topological polar surface area (TPSA) is 67.1 Å². The van der Waals surface area contributed by atoms with Crippen molar-refractivity contribution in [2.75, 3.05) is 16.4 Å². The molecule has 1 aromatic rings. The lowest BCUT2D eigenvalue weighted by Crippen LogP contribution is -2.23. The lowest BCUT2D eigenvalue weighted by atomic mass is 10.2. The van der Waals surface area contributed by atoms with Gasteiger partial charge in [0.2, 0.25) is 0 Å². The molecule has 0 saturated carbocycles. The monoisotopic (exact) mass is 197 g/mol. The lowest BCUT2D eigenvalue weighted by Gasteiger charge is -2.02. The Hall–Kier alpha value is -1.42. The second-order valence-electron chi connectivity index (χ2n) is 2.83. The van der Waals surface area contributed by atoms with Gasteiger partial charge in [-0.2, -0.15) is 0 Å². The fourth-order valence-electron chi connectivity index (χ4n) is 1.32. The smallest absolute Gasteiger partial charge is 0.162 e. The second-order valence-corrected chi connectivity index (χ2v) is 3.23. The Morgan fingerprint density at radius 1 is 1.46 bits per heavy atom. The normalized spacial score (nSPS) is 18.7. The minimum absolute atomic E-state index is 0.408. The largest absolute Gasteiger partial charge is 0.399 e. The third-order valence-corrected chi connectivity index (χ3v) is 2.16. The lowest BCUT2D eigenvalue weighted by molar-refractivity contribution is -0.107. The summed E-state index contributed by atoms with van der Waals surface area (Å²) in [6.45, 7) is 0. The highest BCUT2D eigenvalue weighted by atomic mass is 35.5. The molecule has 0 fully saturated rings. The van der Waals surface area contributed by atoms with Crippen LogP contribution >= 0.6 is 11.6 Å². The molecule has 1 aliphatic rings. The first-order valence-electron chi connectivity index (χ1n) is 3.78. The molecule has 13 heavy (non-hydrogen) atoms. The average Bonchev–Trinajstić information content (AvgIpc) is 2.47. The first kappa shape index (κ1) is 8.19. The van der Waals surface area contributed by atoms with Crippen molar-refractivity contribution in [2.24, 2.45) is 0 Å². The van der Waals surface area contributed by atoms with Crippen LogP contribution in [0, 0.1) is 0 Å². The highest BCUT2D eigenvalue weighted by Gasteiger charge is 2.21. The van der Waals surface area contributed by atoms with Gasteiger partial charge in [0.05, 0.1) is 16.4 Å². The van der Waals surface area contributed by atoms with Gasteiger partial charge < -0.3 is 16.4 Å². The standard InChI is InChI=1S/C8H8ClN3O/c9-5-1-4(10)2-6-8(5)12-7(3-13)11-6/h1-3,7,11-12H,10H2. The first-order chi connectivity index (χ1) is 6.20. The molecule has 0 saturated heterocycles. The molecule has 4 N–H and O–H groups in total. The van der Waals surface area contributed by atoms with Gasteiger partial charge in [-0.25, -0.2) is 0 Å². The van der Waals surface area contributed by atoms with E-state index < -0.39 is 6.17 Å². The van der Waals surface area contributed by atoms with E-state index in [1.807, 2.05) is 0 Å². The number of carbonyl (C=O) groups excluding carboxylic acids is 1. The van der Waals surface area contributed by atoms with E-state index in [9.17, 15) is 4.79 Å². The summed E-state index contributed by atoms with van der Waals surface area (Å²) in [6, 6.07) is 3.37. The number of halogens is 1. The molecule has 1 aliphatic heterocycles. The van der Waals surface area contributed by atoms with Crippen LogP contribution in [0.1, 0.15) is 0 Å². The van der Waals surface area contributed by atoms with E-state index in [0.717, 1.165) is 17.7 Å². The molecule has 5 heteroatoms. The zero-order valence-electron chi connectivity index (χ0n) is 6.67. The Labute approximate surface area is 80.1 Å². The van der Waals surface area contributed by atoms with Crippen molar-refractivity contribution >= 4 is 34.9 Å². The summed E-state index contributed by atoms with van der Waals surface area (Å²) in [5, 5.41) is 6.36. The van der Waals surface area contributed by atoms with Crippen molar-refractivity contribution in [1.29, 1.82) is 0 Å². The molecule has 0 radical (unpaired) electrons. The van der Waals surface area contributed by atoms with Crippen molar-refractivity contribution < 1.29 is 4.79 Å². The number of carbonyl (C=O) groups is 1. The molecular formula is C8H8ClN3O. The number of nitrogen functional groups attached to an aromatic ring is 1. The van der Waals surface area contributed by atoms with Crippen molar-refractivity contribution in [1.82, 2.24) is 0 Å². The third-order valence-electron chi connectivity index (χ3n) is 1.86. The van der Waals surface area contributed by atoms with Gasteiger partial charge in [-0.15, -0.1) is 0 Å². The number of fused-ring (bicyclic) bond motifs is 1. The molecule has 1 aromatic carbocycles. The van der Waals surface area contributed by atoms with Crippen molar-refractivity contribution in [3.8, 4) is 0 Å². The molecule has 4 nitrogen and oxygen atoms in total. The summed E-state index contributed by atoms with van der Waals surface area (Å²) in [7, 11) is 0. The number of nitrogens with one attached hydrogen (secondary N) is 2. The zero-order valence-corrected chi connectivity index (χ0v) is 7.43. The van der Waals surface area contributed by atoms with Gasteiger partial charge in [0.25, 0.3) is 0 Å². The maximum Gasteiger partial charge on any atom is 0.162 e. The van der Waals surface area contributed by atoms with Gasteiger partial charge in [0.15, 0.2) is 12.5 Å². The van der Waals surface area contributed by atoms with Gasteiger partial charge in [-0.3, -0.25) is 4.79 Å². The predicted molar refractivity (Wildman–Crippen MR) is 53.0 cm³/mol. The van der Waals surface area contributed by atoms with Crippen molar-refractivity contribution in [3.05, 3.63) is 17.2 Å². The molecule has 0 bridgehead atoms. The molecule has 1 unspecified atom stereocenters. The summed E-state index contributed by atoms with van der Waals surface area (Å²) < 4.78 is 0. The summed E-state index contributed by atoms with van der Waals surface area (Å²) in [6.07, 6.45) is 0.362. The molecule has 0 amide bonds. The van der Waals surface area contributed by atoms with E-state index in [0.29, 0.717) is 10.7 Å². The highest BCUT2D eigenvalue weighted by Crippen LogP contribution is 2.37. The number of anilines is 3. The molecule has 0 aliphatic carbocycles. The first-order valence-corrected chi connectivity index (χ1v) is 4.16. The van der Waals surface area contributed by atoms with Gasteiger partial charge in [-0.05, 0) is 12.1 Å². The van der Waals surface area contributed by atoms with Crippen LogP contribution in [0.15, 0.2) is 12.1 Å². The van der Waals surface area contributed by atoms with Crippen LogP contribution in [0.2, 0.25) is 5.02 Å². The Morgan fingerprint density at radius 3 is 2.92 bits per heavy atom. The Kier molecular flexibility index (Phi) is 1.77. The SMILES string of the molecule is Nc1cc(Cl)c2c(c1)NC(C=O)N2. The highest BCUT2D eigenvalue weighted by molar-refractivity contribution is 6.34. The Morgan fingerprint density at radius 2 is 2.23 bits per heavy atom. The summed E-state index contributed by atoms with van der Waals surface area (Å²) in [5.74, 6) is 0. The Balaban J connectivity index is 2.45. The minimum atomic E-state index is -0.408. The molecular weight excluding hydrogens is 190 g/mol. The van der Waals surface area contributed by atoms with E-state index in [4.69, 9.17) is 17.3 Å². The average molecular weight is 198 g/mol. The van der Waals surface area contributed by atoms with Gasteiger partial charge >= 0.3 is 0 Å². The van der Waals surface area contributed by atoms with E-state index >= 15 is 0 Å². The predicted octanol–water partition coefficient (Wildman–Crippen LogP) is 1.28. The molecule has 0 spiro atoms. The maximum absolute atomic E-state index is 10.5. The van der Waals surface area contributed by atoms with Crippen LogP contribution in [0.5, 0.6) is 0 Å². The number of nitrogens with two attached hydrogens (primary N) is 1. The van der Waals surface area contributed by atoms with Gasteiger partial charge in [0, 0.05) is 5.69 Å². The molecule has 1 heterocycles. The third kappa shape index (κ3) is 1.29. The molecule has 2 rings (SSSR count). The molecule has 68 valence electrons. The van der Waals surface area contributed by atoms with Crippen LogP contribution < -0.4 is 16.4 Å². The van der Waals surface area contributed by atoms with Gasteiger partial charge in [0.1, 0.15) is 0 Å². The van der Waals surface area contributed by atoms with Crippen LogP contribution in [-0.4, -0.2) is 12.5 Å². The van der Waals surface area contributed by atoms with Crippen molar-refractivity contribution in [3.63, 3.8) is 0 Å². The minimum Gasteiger partial charge on any atom is -0.399 e.